The van der Waals surface area contributed by atoms with Crippen molar-refractivity contribution < 1.29 is 12.9 Å². The molecular formula is C17H24N4O3S. The highest BCUT2D eigenvalue weighted by Crippen LogP contribution is 2.30. The van der Waals surface area contributed by atoms with Crippen molar-refractivity contribution in [2.24, 2.45) is 0 Å². The molecule has 7 nitrogen and oxygen atoms in total. The summed E-state index contributed by atoms with van der Waals surface area (Å²) in [4.78, 5) is 4.60. The zero-order chi connectivity index (χ0) is 18.2. The molecule has 8 heteroatoms. The summed E-state index contributed by atoms with van der Waals surface area (Å²) in [7, 11) is -0.247. The van der Waals surface area contributed by atoms with E-state index in [1.54, 1.807) is 18.4 Å². The molecule has 3 rings (SSSR count). The van der Waals surface area contributed by atoms with Crippen LogP contribution in [-0.4, -0.2) is 54.4 Å². The Hall–Kier alpha value is -1.77. The average Bonchev–Trinajstić information content (AvgIpc) is 2.93. The lowest BCUT2D eigenvalue weighted by Gasteiger charge is -2.33. The van der Waals surface area contributed by atoms with Crippen molar-refractivity contribution in [2.75, 3.05) is 27.2 Å². The number of piperidine rings is 1. The fourth-order valence-corrected chi connectivity index (χ4v) is 4.50. The lowest BCUT2D eigenvalue weighted by molar-refractivity contribution is 0.296. The van der Waals surface area contributed by atoms with Gasteiger partial charge in [0.2, 0.25) is 0 Å². The fourth-order valence-electron chi connectivity index (χ4n) is 3.31. The first-order chi connectivity index (χ1) is 11.8. The lowest BCUT2D eigenvalue weighted by atomic mass is 9.95. The van der Waals surface area contributed by atoms with E-state index in [-0.39, 0.29) is 5.92 Å². The number of rotatable bonds is 4. The van der Waals surface area contributed by atoms with Gasteiger partial charge in [0, 0.05) is 56.1 Å². The minimum Gasteiger partial charge on any atom is -0.361 e. The molecule has 2 aromatic rings. The second-order valence-corrected chi connectivity index (χ2v) is 8.80. The molecule has 0 aliphatic carbocycles. The number of hydrogen-bond donors (Lipinski definition) is 0. The van der Waals surface area contributed by atoms with E-state index in [1.165, 1.54) is 4.31 Å². The summed E-state index contributed by atoms with van der Waals surface area (Å²) in [6.07, 6.45) is 3.60. The highest BCUT2D eigenvalue weighted by atomic mass is 32.2. The topological polar surface area (TPSA) is 79.5 Å². The van der Waals surface area contributed by atoms with Gasteiger partial charge in [0.1, 0.15) is 5.76 Å². The van der Waals surface area contributed by atoms with Crippen molar-refractivity contribution in [3.63, 3.8) is 0 Å². The zero-order valence-electron chi connectivity index (χ0n) is 15.1. The van der Waals surface area contributed by atoms with Gasteiger partial charge in [0.15, 0.2) is 0 Å². The summed E-state index contributed by atoms with van der Waals surface area (Å²) in [5.74, 6) is 0.884. The molecule has 2 aromatic heterocycles. The molecule has 0 bridgehead atoms. The van der Waals surface area contributed by atoms with E-state index in [2.05, 4.69) is 10.1 Å². The van der Waals surface area contributed by atoms with E-state index in [0.717, 1.165) is 41.1 Å². The minimum atomic E-state index is -3.38. The van der Waals surface area contributed by atoms with E-state index in [9.17, 15) is 8.42 Å². The van der Waals surface area contributed by atoms with Crippen LogP contribution in [0.2, 0.25) is 0 Å². The van der Waals surface area contributed by atoms with Gasteiger partial charge in [-0.1, -0.05) is 11.2 Å². The summed E-state index contributed by atoms with van der Waals surface area (Å²) in [6, 6.07) is 3.99. The van der Waals surface area contributed by atoms with E-state index in [1.807, 2.05) is 32.2 Å². The van der Waals surface area contributed by atoms with Gasteiger partial charge < -0.3 is 4.52 Å². The van der Waals surface area contributed by atoms with Gasteiger partial charge in [-0.05, 0) is 32.8 Å². The minimum absolute atomic E-state index is 0.113. The Bertz CT molecular complexity index is 824. The van der Waals surface area contributed by atoms with Crippen LogP contribution in [0.25, 0.3) is 11.1 Å². The lowest BCUT2D eigenvalue weighted by Crippen LogP contribution is -2.45. The maximum atomic E-state index is 12.4. The van der Waals surface area contributed by atoms with Crippen LogP contribution in [0.4, 0.5) is 0 Å². The summed E-state index contributed by atoms with van der Waals surface area (Å²) in [5.41, 5.74) is 3.70. The second-order valence-electron chi connectivity index (χ2n) is 6.66. The Kier molecular flexibility index (Phi) is 4.95. The third-order valence-electron chi connectivity index (χ3n) is 4.70. The summed E-state index contributed by atoms with van der Waals surface area (Å²) in [5, 5.41) is 3.98. The third kappa shape index (κ3) is 3.47. The smallest absolute Gasteiger partial charge is 0.281 e. The highest BCUT2D eigenvalue weighted by Gasteiger charge is 2.31. The predicted octanol–water partition coefficient (Wildman–Crippen LogP) is 2.34. The van der Waals surface area contributed by atoms with Crippen molar-refractivity contribution in [3.8, 4) is 11.1 Å². The van der Waals surface area contributed by atoms with Gasteiger partial charge in [-0.3, -0.25) is 4.98 Å². The van der Waals surface area contributed by atoms with E-state index in [4.69, 9.17) is 4.52 Å². The molecule has 0 saturated carbocycles. The standard InChI is InChI=1S/C17H24N4O3S/c1-12-17(13(2)24-19-12)14-7-8-16(18-10-14)15-6-5-9-21(11-15)25(22,23)20(3)4/h7-8,10,15H,5-6,9,11H2,1-4H3. The first kappa shape index (κ1) is 18.0. The van der Waals surface area contributed by atoms with Gasteiger partial charge in [-0.25, -0.2) is 0 Å². The van der Waals surface area contributed by atoms with Crippen LogP contribution in [-0.2, 0) is 10.2 Å². The van der Waals surface area contributed by atoms with Gasteiger partial charge in [-0.2, -0.15) is 17.0 Å². The maximum absolute atomic E-state index is 12.4. The normalized spacial score (nSPS) is 19.5. The second kappa shape index (κ2) is 6.86. The SMILES string of the molecule is Cc1noc(C)c1-c1ccc(C2CCCN(S(=O)(=O)N(C)C)C2)nc1. The number of pyridine rings is 1. The molecule has 1 saturated heterocycles. The van der Waals surface area contributed by atoms with Gasteiger partial charge in [0.05, 0.1) is 5.69 Å². The van der Waals surface area contributed by atoms with Gasteiger partial charge in [-0.15, -0.1) is 0 Å². The Morgan fingerprint density at radius 1 is 1.28 bits per heavy atom. The Balaban J connectivity index is 1.81. The molecule has 1 atom stereocenters. The molecule has 0 spiro atoms. The van der Waals surface area contributed by atoms with E-state index < -0.39 is 10.2 Å². The Morgan fingerprint density at radius 3 is 2.60 bits per heavy atom. The first-order valence-corrected chi connectivity index (χ1v) is 9.77. The average molecular weight is 364 g/mol. The van der Waals surface area contributed by atoms with Crippen molar-refractivity contribution in [3.05, 3.63) is 35.5 Å². The quantitative estimate of drug-likeness (QED) is 0.832. The van der Waals surface area contributed by atoms with Crippen LogP contribution in [0.5, 0.6) is 0 Å². The van der Waals surface area contributed by atoms with Crippen molar-refractivity contribution in [1.82, 2.24) is 18.8 Å². The maximum Gasteiger partial charge on any atom is 0.281 e. The number of aromatic nitrogens is 2. The molecule has 1 aliphatic heterocycles. The zero-order valence-corrected chi connectivity index (χ0v) is 15.9. The molecular weight excluding hydrogens is 340 g/mol. The summed E-state index contributed by atoms with van der Waals surface area (Å²) < 4.78 is 32.7. The van der Waals surface area contributed by atoms with Crippen LogP contribution >= 0.6 is 0 Å². The molecule has 3 heterocycles. The largest absolute Gasteiger partial charge is 0.361 e. The molecule has 1 fully saturated rings. The predicted molar refractivity (Wildman–Crippen MR) is 95.4 cm³/mol. The molecule has 136 valence electrons. The number of aryl methyl sites for hydroxylation is 2. The van der Waals surface area contributed by atoms with Crippen molar-refractivity contribution in [2.45, 2.75) is 32.6 Å². The Labute approximate surface area is 148 Å². The van der Waals surface area contributed by atoms with Gasteiger partial charge in [0.25, 0.3) is 10.2 Å². The monoisotopic (exact) mass is 364 g/mol. The first-order valence-electron chi connectivity index (χ1n) is 8.37. The summed E-state index contributed by atoms with van der Waals surface area (Å²) in [6.45, 7) is 4.82. The van der Waals surface area contributed by atoms with Crippen LogP contribution in [0.15, 0.2) is 22.9 Å². The van der Waals surface area contributed by atoms with Crippen molar-refractivity contribution in [1.29, 1.82) is 0 Å². The molecule has 0 amide bonds. The molecule has 0 aromatic carbocycles. The van der Waals surface area contributed by atoms with Crippen LogP contribution in [0, 0.1) is 13.8 Å². The molecule has 0 N–H and O–H groups in total. The highest BCUT2D eigenvalue weighted by molar-refractivity contribution is 7.86. The van der Waals surface area contributed by atoms with Crippen molar-refractivity contribution >= 4 is 10.2 Å². The molecule has 25 heavy (non-hydrogen) atoms. The van der Waals surface area contributed by atoms with Crippen LogP contribution < -0.4 is 0 Å². The van der Waals surface area contributed by atoms with Crippen LogP contribution in [0.3, 0.4) is 0 Å². The molecule has 1 aliphatic rings. The number of nitrogens with zero attached hydrogens (tertiary/aromatic N) is 4. The fraction of sp³-hybridized carbons (Fsp3) is 0.529. The van der Waals surface area contributed by atoms with Gasteiger partial charge >= 0.3 is 0 Å². The van der Waals surface area contributed by atoms with E-state index in [0.29, 0.717) is 13.1 Å². The molecule has 0 radical (unpaired) electrons. The third-order valence-corrected chi connectivity index (χ3v) is 6.61. The van der Waals surface area contributed by atoms with E-state index >= 15 is 0 Å². The number of hydrogen-bond acceptors (Lipinski definition) is 5. The van der Waals surface area contributed by atoms with Crippen LogP contribution in [0.1, 0.15) is 35.9 Å². The molecule has 1 unspecified atom stereocenters. The Morgan fingerprint density at radius 2 is 2.04 bits per heavy atom. The summed E-state index contributed by atoms with van der Waals surface area (Å²) >= 11 is 0.